The van der Waals surface area contributed by atoms with Crippen LogP contribution >= 0.6 is 0 Å². The Kier molecular flexibility index (Phi) is 7.86. The first-order valence-electron chi connectivity index (χ1n) is 10.7. The molecule has 0 aromatic heterocycles. The summed E-state index contributed by atoms with van der Waals surface area (Å²) in [6.45, 7) is -1.23. The Morgan fingerprint density at radius 2 is 1.11 bits per heavy atom. The van der Waals surface area contributed by atoms with E-state index in [4.69, 9.17) is 14.2 Å². The minimum Gasteiger partial charge on any atom is -0.453 e. The number of ether oxygens (including phenoxy) is 4. The minimum atomic E-state index is -2.42. The molecule has 0 aliphatic rings. The van der Waals surface area contributed by atoms with Gasteiger partial charge in [-0.25, -0.2) is 22.8 Å². The van der Waals surface area contributed by atoms with Gasteiger partial charge in [0.1, 0.15) is 17.1 Å². The summed E-state index contributed by atoms with van der Waals surface area (Å²) in [5.74, 6) is -15.5. The quantitative estimate of drug-likeness (QED) is 0.0828. The molecule has 11 heteroatoms. The number of halogens is 5. The van der Waals surface area contributed by atoms with Crippen LogP contribution in [-0.2, 0) is 9.53 Å². The molecule has 0 aliphatic heterocycles. The fraction of sp³-hybridized carbons (Fsp3) is 0.0370. The summed E-state index contributed by atoms with van der Waals surface area (Å²) in [5.41, 5.74) is -0.202. The highest BCUT2D eigenvalue weighted by molar-refractivity contribution is 5.95. The van der Waals surface area contributed by atoms with Crippen molar-refractivity contribution in [2.24, 2.45) is 0 Å². The first-order chi connectivity index (χ1) is 18.3. The molecule has 0 saturated heterocycles. The maximum atomic E-state index is 13.8. The van der Waals surface area contributed by atoms with E-state index in [2.05, 4.69) is 4.74 Å². The van der Waals surface area contributed by atoms with E-state index >= 15 is 0 Å². The zero-order chi connectivity index (χ0) is 27.2. The van der Waals surface area contributed by atoms with Gasteiger partial charge < -0.3 is 18.9 Å². The van der Waals surface area contributed by atoms with Gasteiger partial charge in [0.25, 0.3) is 0 Å². The molecule has 0 amide bonds. The third kappa shape index (κ3) is 5.72. The van der Waals surface area contributed by atoms with E-state index in [9.17, 15) is 31.5 Å². The fourth-order valence-corrected chi connectivity index (χ4v) is 3.10. The lowest BCUT2D eigenvalue weighted by Gasteiger charge is -2.16. The second-order valence-electron chi connectivity index (χ2n) is 7.41. The molecule has 0 saturated carbocycles. The van der Waals surface area contributed by atoms with Gasteiger partial charge in [-0.1, -0.05) is 42.5 Å². The van der Waals surface area contributed by atoms with Crippen LogP contribution < -0.4 is 14.2 Å². The van der Waals surface area contributed by atoms with Crippen molar-refractivity contribution in [3.05, 3.63) is 114 Å². The minimum absolute atomic E-state index is 0.0827. The van der Waals surface area contributed by atoms with E-state index in [0.717, 1.165) is 0 Å². The maximum absolute atomic E-state index is 13.8. The van der Waals surface area contributed by atoms with E-state index < -0.39 is 53.4 Å². The van der Waals surface area contributed by atoms with Gasteiger partial charge in [0, 0.05) is 0 Å². The Morgan fingerprint density at radius 1 is 0.579 bits per heavy atom. The van der Waals surface area contributed by atoms with Gasteiger partial charge in [0.05, 0.1) is 0 Å². The van der Waals surface area contributed by atoms with Crippen molar-refractivity contribution in [2.75, 3.05) is 6.61 Å². The van der Waals surface area contributed by atoms with Crippen LogP contribution in [0, 0.1) is 29.1 Å². The normalized spacial score (nSPS) is 10.6. The molecule has 38 heavy (non-hydrogen) atoms. The monoisotopic (exact) mass is 530 g/mol. The highest BCUT2D eigenvalue weighted by Gasteiger charge is 2.29. The first kappa shape index (κ1) is 26.1. The largest absolute Gasteiger partial charge is 0.453 e. The number of carbonyl (C=O) groups excluding carboxylic acids is 2. The Labute approximate surface area is 211 Å². The number of benzene rings is 4. The van der Waals surface area contributed by atoms with E-state index in [0.29, 0.717) is 11.5 Å². The topological polar surface area (TPSA) is 71.1 Å². The molecular weight excluding hydrogens is 515 g/mol. The molecule has 0 heterocycles. The zero-order valence-electron chi connectivity index (χ0n) is 19.1. The zero-order valence-corrected chi connectivity index (χ0v) is 19.1. The van der Waals surface area contributed by atoms with Crippen molar-refractivity contribution in [3.63, 3.8) is 0 Å². The van der Waals surface area contributed by atoms with Crippen molar-refractivity contribution in [1.82, 2.24) is 0 Å². The van der Waals surface area contributed by atoms with Gasteiger partial charge in [-0.3, -0.25) is 0 Å². The molecule has 0 radical (unpaired) electrons. The molecule has 0 atom stereocenters. The van der Waals surface area contributed by atoms with Crippen LogP contribution in [0.1, 0.15) is 10.4 Å². The molecule has 0 bridgehead atoms. The number of para-hydroxylation sites is 3. The average Bonchev–Trinajstić information content (AvgIpc) is 2.94. The third-order valence-electron chi connectivity index (χ3n) is 4.84. The lowest BCUT2D eigenvalue weighted by atomic mass is 10.2. The lowest BCUT2D eigenvalue weighted by Crippen LogP contribution is -2.21. The van der Waals surface area contributed by atoms with E-state index in [-0.39, 0.29) is 17.1 Å². The highest BCUT2D eigenvalue weighted by atomic mass is 19.2. The molecule has 0 unspecified atom stereocenters. The first-order valence-corrected chi connectivity index (χ1v) is 10.7. The highest BCUT2D eigenvalue weighted by Crippen LogP contribution is 2.38. The van der Waals surface area contributed by atoms with Gasteiger partial charge in [0.15, 0.2) is 18.1 Å². The average molecular weight is 530 g/mol. The summed E-state index contributed by atoms with van der Waals surface area (Å²) >= 11 is 0. The number of carbonyl (C=O) groups is 2. The summed E-state index contributed by atoms with van der Waals surface area (Å²) in [7, 11) is 0. The van der Waals surface area contributed by atoms with Crippen molar-refractivity contribution >= 4 is 11.9 Å². The van der Waals surface area contributed by atoms with Crippen LogP contribution in [0.4, 0.5) is 22.0 Å². The van der Waals surface area contributed by atoms with Crippen LogP contribution in [0.15, 0.2) is 78.9 Å². The Bertz CT molecular complexity index is 1450. The summed E-state index contributed by atoms with van der Waals surface area (Å²) in [6, 6.07) is 21.1. The number of rotatable bonds is 8. The number of hydrogen-bond donors (Lipinski definition) is 0. The van der Waals surface area contributed by atoms with Crippen molar-refractivity contribution in [3.8, 4) is 28.7 Å². The molecule has 6 nitrogen and oxygen atoms in total. The second-order valence-corrected chi connectivity index (χ2v) is 7.41. The SMILES string of the molecule is O=C(COC(=O)c1cccc(Oc2ccccc2)c1Oc1ccccc1)Oc1c(F)c(F)c(F)c(F)c1F. The number of esters is 2. The molecule has 4 rings (SSSR count). The Balaban J connectivity index is 1.55. The van der Waals surface area contributed by atoms with E-state index in [1.54, 1.807) is 60.7 Å². The molecule has 0 spiro atoms. The molecule has 194 valence electrons. The van der Waals surface area contributed by atoms with Crippen LogP contribution in [0.3, 0.4) is 0 Å². The second kappa shape index (κ2) is 11.4. The van der Waals surface area contributed by atoms with E-state index in [1.807, 2.05) is 0 Å². The van der Waals surface area contributed by atoms with Crippen molar-refractivity contribution in [1.29, 1.82) is 0 Å². The van der Waals surface area contributed by atoms with Crippen molar-refractivity contribution < 1.29 is 50.5 Å². The van der Waals surface area contributed by atoms with Crippen LogP contribution in [0.5, 0.6) is 28.7 Å². The van der Waals surface area contributed by atoms with Gasteiger partial charge >= 0.3 is 11.9 Å². The molecule has 4 aromatic carbocycles. The van der Waals surface area contributed by atoms with Crippen LogP contribution in [0.25, 0.3) is 0 Å². The van der Waals surface area contributed by atoms with Gasteiger partial charge in [-0.2, -0.15) is 8.78 Å². The maximum Gasteiger partial charge on any atom is 0.349 e. The van der Waals surface area contributed by atoms with E-state index in [1.165, 1.54) is 18.2 Å². The summed E-state index contributed by atoms with van der Waals surface area (Å²) < 4.78 is 88.2. The molecule has 4 aromatic rings. The summed E-state index contributed by atoms with van der Waals surface area (Å²) in [5, 5.41) is 0. The summed E-state index contributed by atoms with van der Waals surface area (Å²) in [4.78, 5) is 24.8. The van der Waals surface area contributed by atoms with Gasteiger partial charge in [-0.05, 0) is 36.4 Å². The molecular formula is C27H15F5O6. The molecule has 0 N–H and O–H groups in total. The van der Waals surface area contributed by atoms with Crippen LogP contribution in [0.2, 0.25) is 0 Å². The molecule has 0 fully saturated rings. The van der Waals surface area contributed by atoms with Gasteiger partial charge in [0.2, 0.25) is 34.8 Å². The smallest absolute Gasteiger partial charge is 0.349 e. The third-order valence-corrected chi connectivity index (χ3v) is 4.84. The Morgan fingerprint density at radius 3 is 1.68 bits per heavy atom. The van der Waals surface area contributed by atoms with Gasteiger partial charge in [-0.15, -0.1) is 0 Å². The lowest BCUT2D eigenvalue weighted by molar-refractivity contribution is -0.138. The summed E-state index contributed by atoms with van der Waals surface area (Å²) in [6.07, 6.45) is 0. The van der Waals surface area contributed by atoms with Crippen molar-refractivity contribution in [2.45, 2.75) is 0 Å². The Hall–Kier alpha value is -4.93. The predicted octanol–water partition coefficient (Wildman–Crippen LogP) is 6.73. The fourth-order valence-electron chi connectivity index (χ4n) is 3.10. The molecule has 0 aliphatic carbocycles. The van der Waals surface area contributed by atoms with Crippen LogP contribution in [-0.4, -0.2) is 18.5 Å². The number of hydrogen-bond acceptors (Lipinski definition) is 6. The predicted molar refractivity (Wildman–Crippen MR) is 122 cm³/mol. The standard InChI is InChI=1S/C27H15F5O6/c28-20-21(29)23(31)26(24(32)22(20)30)38-19(33)14-35-27(34)17-12-7-13-18(36-15-8-3-1-4-9-15)25(17)37-16-10-5-2-6-11-16/h1-13H,14H2.